The summed E-state index contributed by atoms with van der Waals surface area (Å²) in [6, 6.07) is 0. The van der Waals surface area contributed by atoms with Gasteiger partial charge in [-0.15, -0.1) is 0 Å². The average molecular weight is 247 g/mol. The molecule has 0 aliphatic heterocycles. The van der Waals surface area contributed by atoms with Gasteiger partial charge in [0.05, 0.1) is 0 Å². The van der Waals surface area contributed by atoms with Crippen molar-refractivity contribution in [1.82, 2.24) is 0 Å². The maximum atomic E-state index is 11.9. The first-order chi connectivity index (χ1) is 7.30. The average Bonchev–Trinajstić information content (AvgIpc) is 2.22. The SMILES string of the molecule is CC(C)C(C)S(=O)CCCCC(C)(C)CN. The molecular formula is C13H29NOS. The molecule has 0 aliphatic rings. The summed E-state index contributed by atoms with van der Waals surface area (Å²) in [6.45, 7) is 11.5. The molecule has 2 unspecified atom stereocenters. The molecule has 2 atom stereocenters. The van der Waals surface area contributed by atoms with E-state index in [0.717, 1.165) is 31.6 Å². The van der Waals surface area contributed by atoms with Gasteiger partial charge in [-0.3, -0.25) is 4.21 Å². The van der Waals surface area contributed by atoms with E-state index in [1.165, 1.54) is 0 Å². The third kappa shape index (κ3) is 6.64. The largest absolute Gasteiger partial charge is 0.330 e. The third-order valence-corrected chi connectivity index (χ3v) is 5.42. The fourth-order valence-electron chi connectivity index (χ4n) is 1.44. The fourth-order valence-corrected chi connectivity index (χ4v) is 2.91. The minimum atomic E-state index is -0.656. The van der Waals surface area contributed by atoms with E-state index in [-0.39, 0.29) is 5.41 Å². The van der Waals surface area contributed by atoms with E-state index >= 15 is 0 Å². The van der Waals surface area contributed by atoms with Gasteiger partial charge in [0, 0.05) is 21.8 Å². The molecule has 0 saturated carbocycles. The summed E-state index contributed by atoms with van der Waals surface area (Å²) >= 11 is 0. The van der Waals surface area contributed by atoms with E-state index < -0.39 is 10.8 Å². The summed E-state index contributed by atoms with van der Waals surface area (Å²) in [5.41, 5.74) is 5.92. The van der Waals surface area contributed by atoms with Gasteiger partial charge in [0.25, 0.3) is 0 Å². The molecule has 0 bridgehead atoms. The van der Waals surface area contributed by atoms with Crippen molar-refractivity contribution in [2.45, 2.75) is 59.1 Å². The van der Waals surface area contributed by atoms with Gasteiger partial charge in [0.1, 0.15) is 0 Å². The molecule has 0 aromatic carbocycles. The first-order valence-corrected chi connectivity index (χ1v) is 7.75. The number of nitrogens with two attached hydrogens (primary N) is 1. The molecule has 0 fully saturated rings. The van der Waals surface area contributed by atoms with Crippen molar-refractivity contribution in [3.05, 3.63) is 0 Å². The van der Waals surface area contributed by atoms with Gasteiger partial charge in [0.2, 0.25) is 0 Å². The first kappa shape index (κ1) is 16.1. The molecule has 0 aromatic heterocycles. The molecule has 98 valence electrons. The smallest absolute Gasteiger partial charge is 0.0342 e. The van der Waals surface area contributed by atoms with Crippen LogP contribution in [0.1, 0.15) is 53.9 Å². The Kier molecular flexibility index (Phi) is 7.49. The Morgan fingerprint density at radius 1 is 1.19 bits per heavy atom. The van der Waals surface area contributed by atoms with Crippen LogP contribution in [-0.4, -0.2) is 21.8 Å². The lowest BCUT2D eigenvalue weighted by Gasteiger charge is -2.22. The summed E-state index contributed by atoms with van der Waals surface area (Å²) in [5, 5.41) is 0.322. The van der Waals surface area contributed by atoms with E-state index in [0.29, 0.717) is 11.2 Å². The highest BCUT2D eigenvalue weighted by Crippen LogP contribution is 2.21. The standard InChI is InChI=1S/C13H29NOS/c1-11(2)12(3)16(15)9-7-6-8-13(4,5)10-14/h11-12H,6-10,14H2,1-5H3. The van der Waals surface area contributed by atoms with Gasteiger partial charge < -0.3 is 5.73 Å². The Bertz CT molecular complexity index is 214. The summed E-state index contributed by atoms with van der Waals surface area (Å²) in [6.07, 6.45) is 3.34. The fraction of sp³-hybridized carbons (Fsp3) is 1.00. The normalized spacial score (nSPS) is 16.4. The monoisotopic (exact) mass is 247 g/mol. The van der Waals surface area contributed by atoms with Gasteiger partial charge in [0.15, 0.2) is 0 Å². The molecule has 0 saturated heterocycles. The number of unbranched alkanes of at least 4 members (excludes halogenated alkanes) is 1. The highest BCUT2D eigenvalue weighted by atomic mass is 32.2. The molecule has 0 spiro atoms. The lowest BCUT2D eigenvalue weighted by molar-refractivity contribution is 0.336. The highest BCUT2D eigenvalue weighted by molar-refractivity contribution is 7.85. The zero-order valence-electron chi connectivity index (χ0n) is 11.6. The van der Waals surface area contributed by atoms with E-state index in [9.17, 15) is 4.21 Å². The zero-order chi connectivity index (χ0) is 12.8. The van der Waals surface area contributed by atoms with Gasteiger partial charge in [-0.25, -0.2) is 0 Å². The quantitative estimate of drug-likeness (QED) is 0.670. The van der Waals surface area contributed by atoms with Crippen LogP contribution in [0.4, 0.5) is 0 Å². The van der Waals surface area contributed by atoms with Crippen molar-refractivity contribution in [2.75, 3.05) is 12.3 Å². The van der Waals surface area contributed by atoms with Crippen LogP contribution >= 0.6 is 0 Å². The van der Waals surface area contributed by atoms with Gasteiger partial charge in [-0.05, 0) is 30.7 Å². The molecule has 0 aromatic rings. The highest BCUT2D eigenvalue weighted by Gasteiger charge is 2.17. The number of hydrogen-bond acceptors (Lipinski definition) is 2. The topological polar surface area (TPSA) is 43.1 Å². The molecule has 3 heteroatoms. The zero-order valence-corrected chi connectivity index (χ0v) is 12.4. The maximum absolute atomic E-state index is 11.9. The molecular weight excluding hydrogens is 218 g/mol. The maximum Gasteiger partial charge on any atom is 0.0342 e. The van der Waals surface area contributed by atoms with Crippen LogP contribution in [0, 0.1) is 11.3 Å². The minimum absolute atomic E-state index is 0.241. The van der Waals surface area contributed by atoms with Crippen molar-refractivity contribution in [3.8, 4) is 0 Å². The second-order valence-electron chi connectivity index (χ2n) is 5.86. The second kappa shape index (κ2) is 7.44. The second-order valence-corrected chi connectivity index (χ2v) is 7.77. The Morgan fingerprint density at radius 2 is 1.75 bits per heavy atom. The van der Waals surface area contributed by atoms with Gasteiger partial charge in [-0.1, -0.05) is 41.0 Å². The van der Waals surface area contributed by atoms with Crippen molar-refractivity contribution in [1.29, 1.82) is 0 Å². The van der Waals surface area contributed by atoms with Gasteiger partial charge in [-0.2, -0.15) is 0 Å². The lowest BCUT2D eigenvalue weighted by atomic mass is 9.88. The van der Waals surface area contributed by atoms with Crippen LogP contribution in [0.15, 0.2) is 0 Å². The molecule has 16 heavy (non-hydrogen) atoms. The van der Waals surface area contributed by atoms with E-state index in [1.807, 2.05) is 0 Å². The Balaban J connectivity index is 3.71. The van der Waals surface area contributed by atoms with Crippen LogP contribution in [0.5, 0.6) is 0 Å². The van der Waals surface area contributed by atoms with Crippen molar-refractivity contribution < 1.29 is 4.21 Å². The Morgan fingerprint density at radius 3 is 2.19 bits per heavy atom. The van der Waals surface area contributed by atoms with E-state index in [1.54, 1.807) is 0 Å². The summed E-state index contributed by atoms with van der Waals surface area (Å²) in [4.78, 5) is 0. The molecule has 0 rings (SSSR count). The van der Waals surface area contributed by atoms with Crippen LogP contribution < -0.4 is 5.73 Å². The Hall–Kier alpha value is 0.110. The minimum Gasteiger partial charge on any atom is -0.330 e. The summed E-state index contributed by atoms with van der Waals surface area (Å²) < 4.78 is 11.9. The lowest BCUT2D eigenvalue weighted by Crippen LogP contribution is -2.24. The predicted octanol–water partition coefficient (Wildman–Crippen LogP) is 2.93. The molecule has 2 N–H and O–H groups in total. The molecule has 0 radical (unpaired) electrons. The van der Waals surface area contributed by atoms with E-state index in [2.05, 4.69) is 34.6 Å². The summed E-state index contributed by atoms with van der Waals surface area (Å²) in [5.74, 6) is 1.36. The molecule has 0 aliphatic carbocycles. The first-order valence-electron chi connectivity index (χ1n) is 6.37. The van der Waals surface area contributed by atoms with Crippen LogP contribution in [0.3, 0.4) is 0 Å². The van der Waals surface area contributed by atoms with Crippen molar-refractivity contribution in [3.63, 3.8) is 0 Å². The van der Waals surface area contributed by atoms with Crippen molar-refractivity contribution >= 4 is 10.8 Å². The molecule has 0 heterocycles. The molecule has 2 nitrogen and oxygen atoms in total. The third-order valence-electron chi connectivity index (χ3n) is 3.36. The van der Waals surface area contributed by atoms with Crippen LogP contribution in [-0.2, 0) is 10.8 Å². The predicted molar refractivity (Wildman–Crippen MR) is 74.0 cm³/mol. The number of hydrogen-bond donors (Lipinski definition) is 1. The van der Waals surface area contributed by atoms with Gasteiger partial charge >= 0.3 is 0 Å². The van der Waals surface area contributed by atoms with E-state index in [4.69, 9.17) is 5.73 Å². The summed E-state index contributed by atoms with van der Waals surface area (Å²) in [7, 11) is -0.656. The van der Waals surface area contributed by atoms with Crippen molar-refractivity contribution in [2.24, 2.45) is 17.1 Å². The Labute approximate surface area is 104 Å². The molecule has 0 amide bonds. The van der Waals surface area contributed by atoms with Crippen LogP contribution in [0.25, 0.3) is 0 Å². The number of rotatable bonds is 8. The van der Waals surface area contributed by atoms with Crippen LogP contribution in [0.2, 0.25) is 0 Å².